The van der Waals surface area contributed by atoms with Gasteiger partial charge in [0.25, 0.3) is 0 Å². The maximum absolute atomic E-state index is 12.7. The number of hydrogen-bond donors (Lipinski definition) is 0. The monoisotopic (exact) mass is 431 g/mol. The first-order valence-corrected chi connectivity index (χ1v) is 9.79. The fourth-order valence-corrected chi connectivity index (χ4v) is 3.17. The fourth-order valence-electron chi connectivity index (χ4n) is 2.73. The van der Waals surface area contributed by atoms with E-state index in [1.54, 1.807) is 18.2 Å². The SMILES string of the molecule is CCCCCOC(=O)c1cc(-c2ccc(Br)cc2)nc2ccc(Cl)cc12. The molecule has 3 aromatic rings. The lowest BCUT2D eigenvalue weighted by atomic mass is 10.0. The van der Waals surface area contributed by atoms with Crippen LogP contribution in [0.15, 0.2) is 53.0 Å². The van der Waals surface area contributed by atoms with Crippen molar-refractivity contribution in [3.63, 3.8) is 0 Å². The van der Waals surface area contributed by atoms with Gasteiger partial charge in [-0.15, -0.1) is 0 Å². The first-order chi connectivity index (χ1) is 12.6. The number of fused-ring (bicyclic) bond motifs is 1. The number of halogens is 2. The van der Waals surface area contributed by atoms with Crippen molar-refractivity contribution in [1.82, 2.24) is 4.98 Å². The molecule has 1 aromatic heterocycles. The maximum atomic E-state index is 12.7. The zero-order valence-corrected chi connectivity index (χ0v) is 16.8. The van der Waals surface area contributed by atoms with Gasteiger partial charge in [0, 0.05) is 20.4 Å². The summed E-state index contributed by atoms with van der Waals surface area (Å²) in [6.45, 7) is 2.54. The van der Waals surface area contributed by atoms with Crippen LogP contribution in [0.25, 0.3) is 22.2 Å². The Kier molecular flexibility index (Phi) is 6.28. The van der Waals surface area contributed by atoms with Crippen LogP contribution in [0.3, 0.4) is 0 Å². The number of benzene rings is 2. The number of carbonyl (C=O) groups is 1. The van der Waals surface area contributed by atoms with Gasteiger partial charge in [0.05, 0.1) is 23.4 Å². The summed E-state index contributed by atoms with van der Waals surface area (Å²) in [6.07, 6.45) is 2.99. The van der Waals surface area contributed by atoms with Gasteiger partial charge in [-0.1, -0.05) is 59.4 Å². The Hall–Kier alpha value is -1.91. The van der Waals surface area contributed by atoms with Gasteiger partial charge in [0.15, 0.2) is 0 Å². The van der Waals surface area contributed by atoms with E-state index in [4.69, 9.17) is 16.3 Å². The summed E-state index contributed by atoms with van der Waals surface area (Å²) in [5.41, 5.74) is 2.88. The van der Waals surface area contributed by atoms with Crippen molar-refractivity contribution >= 4 is 44.4 Å². The van der Waals surface area contributed by atoms with Crippen LogP contribution in [0.1, 0.15) is 36.5 Å². The largest absolute Gasteiger partial charge is 0.462 e. The summed E-state index contributed by atoms with van der Waals surface area (Å²) in [7, 11) is 0. The van der Waals surface area contributed by atoms with Gasteiger partial charge in [0.2, 0.25) is 0 Å². The van der Waals surface area contributed by atoms with Crippen LogP contribution < -0.4 is 0 Å². The van der Waals surface area contributed by atoms with Gasteiger partial charge in [-0.25, -0.2) is 9.78 Å². The molecule has 0 saturated carbocycles. The minimum Gasteiger partial charge on any atom is -0.462 e. The molecule has 0 spiro atoms. The molecule has 0 amide bonds. The van der Waals surface area contributed by atoms with E-state index in [0.29, 0.717) is 22.6 Å². The van der Waals surface area contributed by atoms with Crippen LogP contribution in [0, 0.1) is 0 Å². The topological polar surface area (TPSA) is 39.2 Å². The second-order valence-corrected chi connectivity index (χ2v) is 7.42. The van der Waals surface area contributed by atoms with Gasteiger partial charge >= 0.3 is 5.97 Å². The number of rotatable bonds is 6. The third kappa shape index (κ3) is 4.43. The van der Waals surface area contributed by atoms with Crippen molar-refractivity contribution in [2.45, 2.75) is 26.2 Å². The number of nitrogens with zero attached hydrogens (tertiary/aromatic N) is 1. The predicted molar refractivity (Wildman–Crippen MR) is 110 cm³/mol. The number of hydrogen-bond acceptors (Lipinski definition) is 3. The highest BCUT2D eigenvalue weighted by atomic mass is 79.9. The maximum Gasteiger partial charge on any atom is 0.338 e. The van der Waals surface area contributed by atoms with Gasteiger partial charge in [0.1, 0.15) is 0 Å². The first-order valence-electron chi connectivity index (χ1n) is 8.62. The van der Waals surface area contributed by atoms with Crippen molar-refractivity contribution in [2.75, 3.05) is 6.61 Å². The quantitative estimate of drug-likeness (QED) is 0.323. The predicted octanol–water partition coefficient (Wildman–Crippen LogP) is 6.66. The van der Waals surface area contributed by atoms with E-state index in [9.17, 15) is 4.79 Å². The third-order valence-corrected chi connectivity index (χ3v) is 4.88. The fraction of sp³-hybridized carbons (Fsp3) is 0.238. The van der Waals surface area contributed by atoms with E-state index in [1.807, 2.05) is 30.3 Å². The summed E-state index contributed by atoms with van der Waals surface area (Å²) < 4.78 is 6.46. The lowest BCUT2D eigenvalue weighted by molar-refractivity contribution is 0.0500. The number of esters is 1. The van der Waals surface area contributed by atoms with E-state index in [-0.39, 0.29) is 5.97 Å². The smallest absolute Gasteiger partial charge is 0.338 e. The molecule has 0 bridgehead atoms. The molecule has 0 fully saturated rings. The first kappa shape index (κ1) is 18.9. The Bertz CT molecular complexity index is 925. The summed E-state index contributed by atoms with van der Waals surface area (Å²) in [5, 5.41) is 1.27. The standard InChI is InChI=1S/C21H19BrClNO2/c1-2-3-4-11-26-21(25)18-13-20(14-5-7-15(22)8-6-14)24-19-10-9-16(23)12-17(18)19/h5-10,12-13H,2-4,11H2,1H3. The minimum atomic E-state index is -0.339. The zero-order chi connectivity index (χ0) is 18.5. The molecule has 3 nitrogen and oxygen atoms in total. The lowest BCUT2D eigenvalue weighted by Crippen LogP contribution is -2.08. The van der Waals surface area contributed by atoms with E-state index in [0.717, 1.165) is 40.5 Å². The Balaban J connectivity index is 2.02. The lowest BCUT2D eigenvalue weighted by Gasteiger charge is -2.11. The van der Waals surface area contributed by atoms with E-state index in [1.165, 1.54) is 0 Å². The van der Waals surface area contributed by atoms with Crippen molar-refractivity contribution in [2.24, 2.45) is 0 Å². The summed E-state index contributed by atoms with van der Waals surface area (Å²) in [6, 6.07) is 15.0. The Morgan fingerprint density at radius 3 is 2.62 bits per heavy atom. The Morgan fingerprint density at radius 2 is 1.88 bits per heavy atom. The third-order valence-electron chi connectivity index (χ3n) is 4.11. The average Bonchev–Trinajstić information content (AvgIpc) is 2.65. The Labute approximate surface area is 166 Å². The summed E-state index contributed by atoms with van der Waals surface area (Å²) in [4.78, 5) is 17.4. The molecule has 134 valence electrons. The number of unbranched alkanes of at least 4 members (excludes halogenated alkanes) is 2. The normalized spacial score (nSPS) is 10.9. The molecule has 0 aliphatic heterocycles. The Morgan fingerprint density at radius 1 is 1.12 bits per heavy atom. The van der Waals surface area contributed by atoms with Crippen LogP contribution in [0.2, 0.25) is 5.02 Å². The second-order valence-electron chi connectivity index (χ2n) is 6.07. The highest BCUT2D eigenvalue weighted by Gasteiger charge is 2.16. The van der Waals surface area contributed by atoms with E-state index in [2.05, 4.69) is 27.8 Å². The van der Waals surface area contributed by atoms with E-state index >= 15 is 0 Å². The molecule has 0 saturated heterocycles. The molecule has 0 unspecified atom stereocenters. The van der Waals surface area contributed by atoms with Crippen LogP contribution in [-0.2, 0) is 4.74 Å². The van der Waals surface area contributed by atoms with Crippen molar-refractivity contribution in [3.05, 3.63) is 63.6 Å². The highest BCUT2D eigenvalue weighted by Crippen LogP contribution is 2.28. The molecular formula is C21H19BrClNO2. The van der Waals surface area contributed by atoms with Gasteiger partial charge in [-0.05, 0) is 42.8 Å². The molecule has 2 aromatic carbocycles. The van der Waals surface area contributed by atoms with Crippen LogP contribution >= 0.6 is 27.5 Å². The minimum absolute atomic E-state index is 0.339. The molecule has 1 heterocycles. The number of pyridine rings is 1. The zero-order valence-electron chi connectivity index (χ0n) is 14.5. The summed E-state index contributed by atoms with van der Waals surface area (Å²) >= 11 is 9.57. The molecule has 0 N–H and O–H groups in total. The molecule has 26 heavy (non-hydrogen) atoms. The van der Waals surface area contributed by atoms with Crippen molar-refractivity contribution in [3.8, 4) is 11.3 Å². The summed E-state index contributed by atoms with van der Waals surface area (Å²) in [5.74, 6) is -0.339. The van der Waals surface area contributed by atoms with Crippen molar-refractivity contribution < 1.29 is 9.53 Å². The number of ether oxygens (including phenoxy) is 1. The van der Waals surface area contributed by atoms with Crippen LogP contribution in [-0.4, -0.2) is 17.6 Å². The van der Waals surface area contributed by atoms with Gasteiger partial charge < -0.3 is 4.74 Å². The molecule has 0 aliphatic rings. The van der Waals surface area contributed by atoms with E-state index < -0.39 is 0 Å². The van der Waals surface area contributed by atoms with Crippen molar-refractivity contribution in [1.29, 1.82) is 0 Å². The molecule has 0 radical (unpaired) electrons. The molecule has 0 atom stereocenters. The average molecular weight is 433 g/mol. The molecule has 5 heteroatoms. The highest BCUT2D eigenvalue weighted by molar-refractivity contribution is 9.10. The molecular weight excluding hydrogens is 414 g/mol. The van der Waals surface area contributed by atoms with Crippen LogP contribution in [0.4, 0.5) is 0 Å². The number of aromatic nitrogens is 1. The van der Waals surface area contributed by atoms with Crippen LogP contribution in [0.5, 0.6) is 0 Å². The van der Waals surface area contributed by atoms with Gasteiger partial charge in [-0.2, -0.15) is 0 Å². The molecule has 3 rings (SSSR count). The van der Waals surface area contributed by atoms with Gasteiger partial charge in [-0.3, -0.25) is 0 Å². The number of carbonyl (C=O) groups excluding carboxylic acids is 1. The second kappa shape index (κ2) is 8.65. The molecule has 0 aliphatic carbocycles.